The highest BCUT2D eigenvalue weighted by atomic mass is 16.1. The van der Waals surface area contributed by atoms with Crippen molar-refractivity contribution in [2.45, 2.75) is 33.7 Å². The van der Waals surface area contributed by atoms with Gasteiger partial charge in [0.25, 0.3) is 0 Å². The Balaban J connectivity index is 2.17. The second kappa shape index (κ2) is 5.53. The van der Waals surface area contributed by atoms with Crippen LogP contribution in [0, 0.1) is 11.8 Å². The van der Waals surface area contributed by atoms with Gasteiger partial charge in [-0.05, 0) is 36.1 Å². The van der Waals surface area contributed by atoms with Crippen LogP contribution in [0.2, 0.25) is 0 Å². The third-order valence-corrected chi connectivity index (χ3v) is 3.82. The predicted octanol–water partition coefficient (Wildman–Crippen LogP) is 2.56. The van der Waals surface area contributed by atoms with Crippen LogP contribution in [0.15, 0.2) is 18.2 Å². The summed E-state index contributed by atoms with van der Waals surface area (Å²) in [5, 5.41) is 6.43. The molecule has 0 aromatic heterocycles. The number of nitrogens with one attached hydrogen (secondary N) is 2. The molecular weight excluding hydrogens is 224 g/mol. The van der Waals surface area contributed by atoms with Gasteiger partial charge in [0.1, 0.15) is 0 Å². The molecule has 0 saturated carbocycles. The normalized spacial score (nSPS) is 16.2. The number of fused-ring (bicyclic) bond motifs is 1. The first-order chi connectivity index (χ1) is 8.59. The van der Waals surface area contributed by atoms with Gasteiger partial charge < -0.3 is 10.6 Å². The molecule has 0 spiro atoms. The van der Waals surface area contributed by atoms with Gasteiger partial charge in [0, 0.05) is 18.2 Å². The molecule has 1 atom stereocenters. The number of hydrogen-bond donors (Lipinski definition) is 2. The van der Waals surface area contributed by atoms with Gasteiger partial charge in [-0.2, -0.15) is 0 Å². The maximum absolute atomic E-state index is 12.1. The fourth-order valence-electron chi connectivity index (χ4n) is 2.18. The summed E-state index contributed by atoms with van der Waals surface area (Å²) in [6.45, 7) is 8.00. The molecule has 1 unspecified atom stereocenters. The third-order valence-electron chi connectivity index (χ3n) is 3.82. The van der Waals surface area contributed by atoms with Crippen molar-refractivity contribution in [2.24, 2.45) is 11.8 Å². The SMILES string of the molecule is CC(C)C(C)C(=O)Nc1cccc2c1CNCC2. The van der Waals surface area contributed by atoms with Crippen LogP contribution in [-0.2, 0) is 17.8 Å². The van der Waals surface area contributed by atoms with Gasteiger partial charge in [0.15, 0.2) is 0 Å². The molecule has 1 aromatic rings. The number of amides is 1. The molecule has 1 heterocycles. The van der Waals surface area contributed by atoms with E-state index < -0.39 is 0 Å². The van der Waals surface area contributed by atoms with Crippen molar-refractivity contribution in [3.63, 3.8) is 0 Å². The van der Waals surface area contributed by atoms with E-state index in [0.29, 0.717) is 5.92 Å². The van der Waals surface area contributed by atoms with E-state index in [1.165, 1.54) is 11.1 Å². The highest BCUT2D eigenvalue weighted by Crippen LogP contribution is 2.24. The van der Waals surface area contributed by atoms with Crippen LogP contribution in [0.25, 0.3) is 0 Å². The molecule has 0 fully saturated rings. The fraction of sp³-hybridized carbons (Fsp3) is 0.533. The van der Waals surface area contributed by atoms with Crippen LogP contribution >= 0.6 is 0 Å². The lowest BCUT2D eigenvalue weighted by Crippen LogP contribution is -2.28. The van der Waals surface area contributed by atoms with E-state index in [1.807, 2.05) is 19.1 Å². The largest absolute Gasteiger partial charge is 0.326 e. The molecule has 0 saturated heterocycles. The summed E-state index contributed by atoms with van der Waals surface area (Å²) in [5.74, 6) is 0.518. The zero-order valence-corrected chi connectivity index (χ0v) is 11.4. The predicted molar refractivity (Wildman–Crippen MR) is 74.5 cm³/mol. The Bertz CT molecular complexity index is 440. The smallest absolute Gasteiger partial charge is 0.227 e. The standard InChI is InChI=1S/C15H22N2O/c1-10(2)11(3)15(18)17-14-6-4-5-12-7-8-16-9-13(12)14/h4-6,10-11,16H,7-9H2,1-3H3,(H,17,18). The molecule has 1 aromatic carbocycles. The average Bonchev–Trinajstić information content (AvgIpc) is 2.38. The van der Waals surface area contributed by atoms with Crippen molar-refractivity contribution in [2.75, 3.05) is 11.9 Å². The van der Waals surface area contributed by atoms with Crippen molar-refractivity contribution < 1.29 is 4.79 Å². The first-order valence-corrected chi connectivity index (χ1v) is 6.72. The lowest BCUT2D eigenvalue weighted by atomic mass is 9.96. The summed E-state index contributed by atoms with van der Waals surface area (Å²) in [6, 6.07) is 6.17. The molecular formula is C15H22N2O. The Morgan fingerprint density at radius 3 is 2.83 bits per heavy atom. The van der Waals surface area contributed by atoms with Crippen LogP contribution in [0.3, 0.4) is 0 Å². The Kier molecular flexibility index (Phi) is 4.02. The molecule has 0 radical (unpaired) electrons. The van der Waals surface area contributed by atoms with Gasteiger partial charge in [-0.15, -0.1) is 0 Å². The Morgan fingerprint density at radius 1 is 1.33 bits per heavy atom. The van der Waals surface area contributed by atoms with Gasteiger partial charge in [-0.3, -0.25) is 4.79 Å². The van der Waals surface area contributed by atoms with Gasteiger partial charge >= 0.3 is 0 Å². The molecule has 18 heavy (non-hydrogen) atoms. The average molecular weight is 246 g/mol. The van der Waals surface area contributed by atoms with Crippen molar-refractivity contribution in [3.8, 4) is 0 Å². The number of rotatable bonds is 3. The topological polar surface area (TPSA) is 41.1 Å². The molecule has 1 aliphatic heterocycles. The first-order valence-electron chi connectivity index (χ1n) is 6.72. The second-order valence-corrected chi connectivity index (χ2v) is 5.39. The zero-order valence-electron chi connectivity index (χ0n) is 11.4. The number of hydrogen-bond acceptors (Lipinski definition) is 2. The molecule has 2 rings (SSSR count). The van der Waals surface area contributed by atoms with E-state index in [2.05, 4.69) is 30.5 Å². The van der Waals surface area contributed by atoms with Crippen LogP contribution < -0.4 is 10.6 Å². The van der Waals surface area contributed by atoms with E-state index in [0.717, 1.165) is 25.2 Å². The number of carbonyl (C=O) groups excluding carboxylic acids is 1. The summed E-state index contributed by atoms with van der Waals surface area (Å²) in [6.07, 6.45) is 1.04. The first kappa shape index (κ1) is 13.1. The zero-order chi connectivity index (χ0) is 13.1. The van der Waals surface area contributed by atoms with Crippen LogP contribution in [0.5, 0.6) is 0 Å². The van der Waals surface area contributed by atoms with Gasteiger partial charge in [0.05, 0.1) is 0 Å². The summed E-state index contributed by atoms with van der Waals surface area (Å²) < 4.78 is 0. The minimum absolute atomic E-state index is 0.0393. The molecule has 98 valence electrons. The summed E-state index contributed by atoms with van der Waals surface area (Å²) in [4.78, 5) is 12.1. The van der Waals surface area contributed by atoms with Crippen LogP contribution in [0.1, 0.15) is 31.9 Å². The number of anilines is 1. The lowest BCUT2D eigenvalue weighted by Gasteiger charge is -2.22. The minimum atomic E-state index is 0.0393. The molecule has 3 nitrogen and oxygen atoms in total. The number of carbonyl (C=O) groups is 1. The summed E-state index contributed by atoms with van der Waals surface area (Å²) >= 11 is 0. The lowest BCUT2D eigenvalue weighted by molar-refractivity contribution is -0.120. The summed E-state index contributed by atoms with van der Waals surface area (Å²) in [5.41, 5.74) is 3.56. The minimum Gasteiger partial charge on any atom is -0.326 e. The van der Waals surface area contributed by atoms with Crippen molar-refractivity contribution >= 4 is 11.6 Å². The van der Waals surface area contributed by atoms with Gasteiger partial charge in [0.2, 0.25) is 5.91 Å². The second-order valence-electron chi connectivity index (χ2n) is 5.39. The molecule has 3 heteroatoms. The Labute approximate surface area is 109 Å². The van der Waals surface area contributed by atoms with E-state index in [1.54, 1.807) is 0 Å². The summed E-state index contributed by atoms with van der Waals surface area (Å²) in [7, 11) is 0. The quantitative estimate of drug-likeness (QED) is 0.860. The van der Waals surface area contributed by atoms with Crippen molar-refractivity contribution in [1.29, 1.82) is 0 Å². The molecule has 1 aliphatic rings. The van der Waals surface area contributed by atoms with Gasteiger partial charge in [-0.1, -0.05) is 32.9 Å². The highest BCUT2D eigenvalue weighted by molar-refractivity contribution is 5.93. The van der Waals surface area contributed by atoms with Crippen molar-refractivity contribution in [1.82, 2.24) is 5.32 Å². The van der Waals surface area contributed by atoms with E-state index in [9.17, 15) is 4.79 Å². The maximum Gasteiger partial charge on any atom is 0.227 e. The van der Waals surface area contributed by atoms with Crippen molar-refractivity contribution in [3.05, 3.63) is 29.3 Å². The van der Waals surface area contributed by atoms with E-state index >= 15 is 0 Å². The Hall–Kier alpha value is -1.35. The molecule has 2 N–H and O–H groups in total. The maximum atomic E-state index is 12.1. The third kappa shape index (κ3) is 2.72. The van der Waals surface area contributed by atoms with Crippen LogP contribution in [0.4, 0.5) is 5.69 Å². The van der Waals surface area contributed by atoms with E-state index in [-0.39, 0.29) is 11.8 Å². The fourth-order valence-corrected chi connectivity index (χ4v) is 2.18. The molecule has 0 bridgehead atoms. The van der Waals surface area contributed by atoms with Gasteiger partial charge in [-0.25, -0.2) is 0 Å². The van der Waals surface area contributed by atoms with E-state index in [4.69, 9.17) is 0 Å². The van der Waals surface area contributed by atoms with Crippen LogP contribution in [-0.4, -0.2) is 12.5 Å². The number of benzene rings is 1. The molecule has 1 amide bonds. The Morgan fingerprint density at radius 2 is 2.11 bits per heavy atom. The molecule has 0 aliphatic carbocycles. The highest BCUT2D eigenvalue weighted by Gasteiger charge is 2.19. The monoisotopic (exact) mass is 246 g/mol.